The molecule has 1 unspecified atom stereocenters. The van der Waals surface area contributed by atoms with Crippen LogP contribution >= 0.6 is 23.2 Å². The minimum Gasteiger partial charge on any atom is -0.503 e. The van der Waals surface area contributed by atoms with E-state index >= 15 is 4.39 Å². The molecule has 0 aliphatic rings. The molecule has 0 spiro atoms. The Hall–Kier alpha value is -3.17. The van der Waals surface area contributed by atoms with E-state index in [1.54, 1.807) is 0 Å². The number of carboxylic acid groups (broad SMARTS) is 1. The van der Waals surface area contributed by atoms with Crippen LogP contribution in [0, 0.1) is 24.5 Å². The number of carbonyl (C=O) groups is 3. The molecule has 2 atom stereocenters. The average Bonchev–Trinajstić information content (AvgIpc) is 3.07. The monoisotopic (exact) mass is 512 g/mol. The fourth-order valence-electron chi connectivity index (χ4n) is 3.69. The minimum atomic E-state index is -1.33. The zero-order valence-electron chi connectivity index (χ0n) is 18.2. The zero-order valence-corrected chi connectivity index (χ0v) is 19.8. The molecule has 3 N–H and O–H groups in total. The number of aliphatic carboxylic acids is 1. The summed E-state index contributed by atoms with van der Waals surface area (Å²) < 4.78 is 30.4. The number of nitrogens with one attached hydrogen (secondary N) is 1. The molecule has 1 heterocycles. The van der Waals surface area contributed by atoms with Crippen LogP contribution in [0.1, 0.15) is 41.4 Å². The molecule has 0 radical (unpaired) electrons. The summed E-state index contributed by atoms with van der Waals surface area (Å²) in [6.45, 7) is 4.10. The number of carboxylic acids is 1. The van der Waals surface area contributed by atoms with Crippen LogP contribution in [0.25, 0.3) is 10.9 Å². The number of halogens is 4. The summed E-state index contributed by atoms with van der Waals surface area (Å²) in [5, 5.41) is 21.4. The van der Waals surface area contributed by atoms with Gasteiger partial charge in [0, 0.05) is 29.3 Å². The van der Waals surface area contributed by atoms with E-state index in [2.05, 4.69) is 5.32 Å². The van der Waals surface area contributed by atoms with Crippen molar-refractivity contribution >= 4 is 51.9 Å². The molecule has 1 amide bonds. The first-order chi connectivity index (χ1) is 15.9. The number of aromatic hydroxyl groups is 1. The molecule has 34 heavy (non-hydrogen) atoms. The molecule has 0 bridgehead atoms. The Morgan fingerprint density at radius 2 is 1.76 bits per heavy atom. The topological polar surface area (TPSA) is 109 Å². The second kappa shape index (κ2) is 9.60. The van der Waals surface area contributed by atoms with Crippen LogP contribution in [0.3, 0.4) is 0 Å². The standard InChI is InChI=1S/C23H20Cl2F2N2O5/c1-9(23(33)34)8-28-21(31)10(2)17-11(3)29(16-7-15(26)20(30)19(27)18(16)17)22(32)12-4-5-13(24)14(25)6-12/h4-7,9-10,30H,8H2,1-3H3,(H,28,31)(H,33,34)/t9?,10-/m0/s1. The molecule has 3 rings (SSSR count). The highest BCUT2D eigenvalue weighted by Crippen LogP contribution is 2.39. The largest absolute Gasteiger partial charge is 0.503 e. The molecule has 0 fully saturated rings. The molecule has 0 saturated heterocycles. The third-order valence-corrected chi connectivity index (χ3v) is 6.35. The Morgan fingerprint density at radius 1 is 1.12 bits per heavy atom. The summed E-state index contributed by atoms with van der Waals surface area (Å²) in [6, 6.07) is 4.88. The van der Waals surface area contributed by atoms with Gasteiger partial charge in [-0.05, 0) is 37.6 Å². The van der Waals surface area contributed by atoms with Gasteiger partial charge in [0.05, 0.1) is 27.4 Å². The maximum atomic E-state index is 15.1. The van der Waals surface area contributed by atoms with E-state index in [9.17, 15) is 23.9 Å². The fraction of sp³-hybridized carbons (Fsp3) is 0.261. The third kappa shape index (κ3) is 4.45. The van der Waals surface area contributed by atoms with Crippen molar-refractivity contribution in [3.05, 3.63) is 62.8 Å². The zero-order chi connectivity index (χ0) is 25.5. The lowest BCUT2D eigenvalue weighted by molar-refractivity contribution is -0.141. The van der Waals surface area contributed by atoms with Crippen LogP contribution in [0.15, 0.2) is 24.3 Å². The van der Waals surface area contributed by atoms with Gasteiger partial charge in [-0.15, -0.1) is 0 Å². The van der Waals surface area contributed by atoms with Crippen molar-refractivity contribution in [1.29, 1.82) is 0 Å². The van der Waals surface area contributed by atoms with Gasteiger partial charge in [0.2, 0.25) is 5.91 Å². The van der Waals surface area contributed by atoms with E-state index in [1.807, 2.05) is 0 Å². The number of hydrogen-bond donors (Lipinski definition) is 3. The average molecular weight is 513 g/mol. The summed E-state index contributed by atoms with van der Waals surface area (Å²) in [6.07, 6.45) is 0. The fourth-order valence-corrected chi connectivity index (χ4v) is 3.98. The molecular weight excluding hydrogens is 493 g/mol. The van der Waals surface area contributed by atoms with Crippen LogP contribution in [-0.2, 0) is 9.59 Å². The van der Waals surface area contributed by atoms with Gasteiger partial charge in [-0.2, -0.15) is 0 Å². The lowest BCUT2D eigenvalue weighted by atomic mass is 9.96. The number of benzene rings is 2. The van der Waals surface area contributed by atoms with Crippen molar-refractivity contribution in [3.8, 4) is 5.75 Å². The number of carbonyl (C=O) groups excluding carboxylic acids is 2. The minimum absolute atomic E-state index is 0.0386. The number of nitrogens with zero attached hydrogens (tertiary/aromatic N) is 1. The van der Waals surface area contributed by atoms with Gasteiger partial charge >= 0.3 is 5.97 Å². The van der Waals surface area contributed by atoms with E-state index in [-0.39, 0.29) is 44.3 Å². The van der Waals surface area contributed by atoms with Gasteiger partial charge in [-0.25, -0.2) is 8.78 Å². The van der Waals surface area contributed by atoms with Crippen molar-refractivity contribution in [2.24, 2.45) is 5.92 Å². The number of fused-ring (bicyclic) bond motifs is 1. The van der Waals surface area contributed by atoms with Crippen molar-refractivity contribution in [3.63, 3.8) is 0 Å². The lowest BCUT2D eigenvalue weighted by Crippen LogP contribution is -2.34. The number of amides is 1. The summed E-state index contributed by atoms with van der Waals surface area (Å²) in [5.41, 5.74) is 0.0396. The van der Waals surface area contributed by atoms with E-state index in [4.69, 9.17) is 28.3 Å². The number of aromatic nitrogens is 1. The number of hydrogen-bond acceptors (Lipinski definition) is 4. The Morgan fingerprint density at radius 3 is 2.35 bits per heavy atom. The van der Waals surface area contributed by atoms with Gasteiger partial charge in [0.1, 0.15) is 0 Å². The van der Waals surface area contributed by atoms with Gasteiger partial charge in [0.15, 0.2) is 17.4 Å². The van der Waals surface area contributed by atoms with E-state index in [1.165, 1.54) is 39.0 Å². The first-order valence-electron chi connectivity index (χ1n) is 10.1. The highest BCUT2D eigenvalue weighted by molar-refractivity contribution is 6.42. The molecule has 11 heteroatoms. The first kappa shape index (κ1) is 25.5. The van der Waals surface area contributed by atoms with Crippen molar-refractivity contribution in [1.82, 2.24) is 9.88 Å². The van der Waals surface area contributed by atoms with E-state index in [0.717, 1.165) is 10.6 Å². The quantitative estimate of drug-likeness (QED) is 0.436. The molecule has 2 aromatic carbocycles. The Labute approximate surface area is 202 Å². The third-order valence-electron chi connectivity index (χ3n) is 5.61. The summed E-state index contributed by atoms with van der Waals surface area (Å²) >= 11 is 11.9. The maximum absolute atomic E-state index is 15.1. The Balaban J connectivity index is 2.19. The van der Waals surface area contributed by atoms with Gasteiger partial charge in [-0.1, -0.05) is 30.1 Å². The van der Waals surface area contributed by atoms with Gasteiger partial charge in [0.25, 0.3) is 5.91 Å². The highest BCUT2D eigenvalue weighted by Gasteiger charge is 2.31. The van der Waals surface area contributed by atoms with E-state index < -0.39 is 47.0 Å². The highest BCUT2D eigenvalue weighted by atomic mass is 35.5. The summed E-state index contributed by atoms with van der Waals surface area (Å²) in [4.78, 5) is 37.1. The van der Waals surface area contributed by atoms with Crippen LogP contribution in [0.2, 0.25) is 10.0 Å². The van der Waals surface area contributed by atoms with Crippen LogP contribution in [-0.4, -0.2) is 39.1 Å². The summed E-state index contributed by atoms with van der Waals surface area (Å²) in [5.74, 6) is -8.25. The van der Waals surface area contributed by atoms with Gasteiger partial charge in [-0.3, -0.25) is 19.0 Å². The van der Waals surface area contributed by atoms with Crippen molar-refractivity contribution in [2.45, 2.75) is 26.7 Å². The smallest absolute Gasteiger partial charge is 0.308 e. The molecule has 1 aromatic heterocycles. The predicted molar refractivity (Wildman–Crippen MR) is 123 cm³/mol. The molecule has 0 saturated carbocycles. The molecular formula is C23H20Cl2F2N2O5. The normalized spacial score (nSPS) is 13.0. The van der Waals surface area contributed by atoms with Crippen LogP contribution in [0.5, 0.6) is 5.75 Å². The van der Waals surface area contributed by atoms with E-state index in [0.29, 0.717) is 0 Å². The Bertz CT molecular complexity index is 1340. The van der Waals surface area contributed by atoms with Crippen LogP contribution < -0.4 is 5.32 Å². The Kier molecular flexibility index (Phi) is 7.18. The predicted octanol–water partition coefficient (Wildman–Crippen LogP) is 4.87. The summed E-state index contributed by atoms with van der Waals surface area (Å²) in [7, 11) is 0. The lowest BCUT2D eigenvalue weighted by Gasteiger charge is -2.15. The molecule has 0 aliphatic carbocycles. The van der Waals surface area contributed by atoms with Crippen LogP contribution in [0.4, 0.5) is 8.78 Å². The molecule has 7 nitrogen and oxygen atoms in total. The number of phenolic OH excluding ortho intramolecular Hbond substituents is 1. The SMILES string of the molecule is Cc1c([C@H](C)C(=O)NCC(C)C(=O)O)c2c(F)c(O)c(F)cc2n1C(=O)c1ccc(Cl)c(Cl)c1. The second-order valence-electron chi connectivity index (χ2n) is 7.89. The second-order valence-corrected chi connectivity index (χ2v) is 8.70. The number of phenols is 1. The number of rotatable bonds is 6. The van der Waals surface area contributed by atoms with Crippen molar-refractivity contribution < 1.29 is 33.4 Å². The van der Waals surface area contributed by atoms with Gasteiger partial charge < -0.3 is 15.5 Å². The molecule has 0 aliphatic heterocycles. The maximum Gasteiger partial charge on any atom is 0.308 e. The van der Waals surface area contributed by atoms with Crippen molar-refractivity contribution in [2.75, 3.05) is 6.54 Å². The molecule has 3 aromatic rings. The molecule has 180 valence electrons. The first-order valence-corrected chi connectivity index (χ1v) is 10.8.